The summed E-state index contributed by atoms with van der Waals surface area (Å²) in [6, 6.07) is 11.4. The Morgan fingerprint density at radius 2 is 1.77 bits per heavy atom. The zero-order valence-corrected chi connectivity index (χ0v) is 17.8. The number of carbonyl (C=O) groups is 1. The van der Waals surface area contributed by atoms with Crippen molar-refractivity contribution in [3.63, 3.8) is 0 Å². The van der Waals surface area contributed by atoms with Crippen molar-refractivity contribution in [2.45, 2.75) is 39.3 Å². The number of likely N-dealkylation sites (tertiary alicyclic amines) is 1. The Morgan fingerprint density at radius 1 is 1.13 bits per heavy atom. The number of nitrogens with one attached hydrogen (secondary N) is 1. The van der Waals surface area contributed by atoms with Crippen molar-refractivity contribution in [1.82, 2.24) is 10.2 Å². The molecule has 0 saturated carbocycles. The highest BCUT2D eigenvalue weighted by Crippen LogP contribution is 2.37. The Bertz CT molecular complexity index is 892. The fourth-order valence-corrected chi connectivity index (χ4v) is 3.43. The summed E-state index contributed by atoms with van der Waals surface area (Å²) in [5.41, 5.74) is 0.688. The number of amides is 1. The van der Waals surface area contributed by atoms with Crippen LogP contribution in [0.3, 0.4) is 0 Å². The third-order valence-electron chi connectivity index (χ3n) is 5.02. The van der Waals surface area contributed by atoms with Crippen LogP contribution >= 0.6 is 0 Å². The lowest BCUT2D eigenvalue weighted by Crippen LogP contribution is -2.52. The minimum atomic E-state index is -4.50. The standard InChI is InChI=1S/C23H27F3N2O3/c1-15(2)31-21-9-6-17(10-20(21)23(24,25)26)14-30-19-7-4-16(5-8-19)11-28-12-18(13-28)22(29)27-3/h4-10,15,18H,11-14H2,1-3H3,(H,27,29). The molecule has 2 aromatic rings. The van der Waals surface area contributed by atoms with Gasteiger partial charge in [-0.3, -0.25) is 9.69 Å². The van der Waals surface area contributed by atoms with E-state index in [1.54, 1.807) is 39.1 Å². The van der Waals surface area contributed by atoms with Crippen LogP contribution in [0.5, 0.6) is 11.5 Å². The first-order valence-corrected chi connectivity index (χ1v) is 10.2. The SMILES string of the molecule is CNC(=O)C1CN(Cc2ccc(OCc3ccc(OC(C)C)c(C(F)(F)F)c3)cc2)C1. The summed E-state index contributed by atoms with van der Waals surface area (Å²) in [4.78, 5) is 13.7. The molecule has 0 radical (unpaired) electrons. The lowest BCUT2D eigenvalue weighted by molar-refractivity contribution is -0.139. The molecule has 0 atom stereocenters. The third kappa shape index (κ3) is 6.13. The van der Waals surface area contributed by atoms with Crippen LogP contribution in [0.1, 0.15) is 30.5 Å². The minimum absolute atomic E-state index is 0.0182. The van der Waals surface area contributed by atoms with Crippen LogP contribution in [-0.4, -0.2) is 37.0 Å². The van der Waals surface area contributed by atoms with Gasteiger partial charge in [-0.1, -0.05) is 18.2 Å². The number of ether oxygens (including phenoxy) is 2. The molecular formula is C23H27F3N2O3. The fraction of sp³-hybridized carbons (Fsp3) is 0.435. The Morgan fingerprint density at radius 3 is 2.35 bits per heavy atom. The summed E-state index contributed by atoms with van der Waals surface area (Å²) in [6.45, 7) is 5.59. The molecule has 1 N–H and O–H groups in total. The lowest BCUT2D eigenvalue weighted by atomic mass is 9.98. The highest BCUT2D eigenvalue weighted by Gasteiger charge is 2.35. The summed E-state index contributed by atoms with van der Waals surface area (Å²) in [5.74, 6) is 0.510. The van der Waals surface area contributed by atoms with Gasteiger partial charge >= 0.3 is 6.18 Å². The molecule has 0 bridgehead atoms. The van der Waals surface area contributed by atoms with E-state index in [0.717, 1.165) is 31.3 Å². The zero-order valence-electron chi connectivity index (χ0n) is 17.8. The second-order valence-corrected chi connectivity index (χ2v) is 7.93. The molecule has 0 unspecified atom stereocenters. The monoisotopic (exact) mass is 436 g/mol. The van der Waals surface area contributed by atoms with Crippen molar-refractivity contribution in [2.75, 3.05) is 20.1 Å². The van der Waals surface area contributed by atoms with Gasteiger partial charge in [0, 0.05) is 26.7 Å². The lowest BCUT2D eigenvalue weighted by Gasteiger charge is -2.38. The van der Waals surface area contributed by atoms with Crippen LogP contribution in [0.4, 0.5) is 13.2 Å². The number of hydrogen-bond acceptors (Lipinski definition) is 4. The molecule has 2 aromatic carbocycles. The van der Waals surface area contributed by atoms with Crippen LogP contribution < -0.4 is 14.8 Å². The molecule has 0 spiro atoms. The van der Waals surface area contributed by atoms with Gasteiger partial charge in [0.2, 0.25) is 5.91 Å². The van der Waals surface area contributed by atoms with Crippen LogP contribution in [0.2, 0.25) is 0 Å². The smallest absolute Gasteiger partial charge is 0.419 e. The zero-order chi connectivity index (χ0) is 22.6. The first-order chi connectivity index (χ1) is 14.7. The maximum atomic E-state index is 13.4. The molecule has 1 saturated heterocycles. The normalized spacial score (nSPS) is 14.9. The molecule has 0 aliphatic carbocycles. The van der Waals surface area contributed by atoms with E-state index in [4.69, 9.17) is 9.47 Å². The van der Waals surface area contributed by atoms with Crippen molar-refractivity contribution in [1.29, 1.82) is 0 Å². The molecule has 0 aromatic heterocycles. The van der Waals surface area contributed by atoms with Crippen molar-refractivity contribution < 1.29 is 27.4 Å². The van der Waals surface area contributed by atoms with Gasteiger partial charge in [0.25, 0.3) is 0 Å². The van der Waals surface area contributed by atoms with Gasteiger partial charge in [0.05, 0.1) is 17.6 Å². The number of halogens is 3. The van der Waals surface area contributed by atoms with Gasteiger partial charge in [0.1, 0.15) is 18.1 Å². The predicted molar refractivity (Wildman–Crippen MR) is 111 cm³/mol. The van der Waals surface area contributed by atoms with Crippen LogP contribution in [-0.2, 0) is 24.1 Å². The Kier molecular flexibility index (Phi) is 7.10. The molecule has 1 amide bonds. The van der Waals surface area contributed by atoms with E-state index in [9.17, 15) is 18.0 Å². The number of rotatable bonds is 8. The number of nitrogens with zero attached hydrogens (tertiary/aromatic N) is 1. The molecule has 1 aliphatic heterocycles. The number of benzene rings is 2. The Balaban J connectivity index is 1.56. The molecule has 1 aliphatic rings. The summed E-state index contributed by atoms with van der Waals surface area (Å²) in [7, 11) is 1.64. The summed E-state index contributed by atoms with van der Waals surface area (Å²) >= 11 is 0. The molecular weight excluding hydrogens is 409 g/mol. The van der Waals surface area contributed by atoms with E-state index < -0.39 is 11.7 Å². The number of carbonyl (C=O) groups excluding carboxylic acids is 1. The fourth-order valence-electron chi connectivity index (χ4n) is 3.43. The van der Waals surface area contributed by atoms with E-state index in [1.165, 1.54) is 6.07 Å². The second kappa shape index (κ2) is 9.60. The first kappa shape index (κ1) is 22.9. The average molecular weight is 436 g/mol. The van der Waals surface area contributed by atoms with Crippen LogP contribution in [0.15, 0.2) is 42.5 Å². The van der Waals surface area contributed by atoms with Crippen LogP contribution in [0, 0.1) is 5.92 Å². The van der Waals surface area contributed by atoms with E-state index in [-0.39, 0.29) is 30.3 Å². The van der Waals surface area contributed by atoms with E-state index >= 15 is 0 Å². The van der Waals surface area contributed by atoms with Gasteiger partial charge in [-0.15, -0.1) is 0 Å². The molecule has 3 rings (SSSR count). The molecule has 5 nitrogen and oxygen atoms in total. The largest absolute Gasteiger partial charge is 0.490 e. The van der Waals surface area contributed by atoms with E-state index in [0.29, 0.717) is 11.3 Å². The quantitative estimate of drug-likeness (QED) is 0.672. The summed E-state index contributed by atoms with van der Waals surface area (Å²) in [5, 5.41) is 2.66. The maximum absolute atomic E-state index is 13.4. The summed E-state index contributed by atoms with van der Waals surface area (Å²) < 4.78 is 51.1. The van der Waals surface area contributed by atoms with Crippen molar-refractivity contribution in [3.8, 4) is 11.5 Å². The molecule has 168 valence electrons. The van der Waals surface area contributed by atoms with Gasteiger partial charge in [-0.05, 0) is 49.2 Å². The number of alkyl halides is 3. The first-order valence-electron chi connectivity index (χ1n) is 10.2. The molecule has 1 fully saturated rings. The Labute approximate surface area is 180 Å². The van der Waals surface area contributed by atoms with Gasteiger partial charge < -0.3 is 14.8 Å². The summed E-state index contributed by atoms with van der Waals surface area (Å²) in [6.07, 6.45) is -4.86. The van der Waals surface area contributed by atoms with Gasteiger partial charge in [-0.25, -0.2) is 0 Å². The highest BCUT2D eigenvalue weighted by molar-refractivity contribution is 5.79. The average Bonchev–Trinajstić information content (AvgIpc) is 2.68. The predicted octanol–water partition coefficient (Wildman–Crippen LogP) is 4.25. The van der Waals surface area contributed by atoms with Gasteiger partial charge in [0.15, 0.2) is 0 Å². The van der Waals surface area contributed by atoms with Gasteiger partial charge in [-0.2, -0.15) is 13.2 Å². The van der Waals surface area contributed by atoms with Crippen molar-refractivity contribution in [3.05, 3.63) is 59.2 Å². The third-order valence-corrected chi connectivity index (χ3v) is 5.02. The Hall–Kier alpha value is -2.74. The maximum Gasteiger partial charge on any atom is 0.419 e. The minimum Gasteiger partial charge on any atom is -0.490 e. The highest BCUT2D eigenvalue weighted by atomic mass is 19.4. The van der Waals surface area contributed by atoms with Crippen molar-refractivity contribution in [2.24, 2.45) is 5.92 Å². The number of hydrogen-bond donors (Lipinski definition) is 1. The molecule has 8 heteroatoms. The van der Waals surface area contributed by atoms with E-state index in [2.05, 4.69) is 10.2 Å². The van der Waals surface area contributed by atoms with Crippen LogP contribution in [0.25, 0.3) is 0 Å². The molecule has 31 heavy (non-hydrogen) atoms. The second-order valence-electron chi connectivity index (χ2n) is 7.93. The van der Waals surface area contributed by atoms with Crippen molar-refractivity contribution >= 4 is 5.91 Å². The molecule has 1 heterocycles. The van der Waals surface area contributed by atoms with E-state index in [1.807, 2.05) is 12.1 Å². The topological polar surface area (TPSA) is 50.8 Å².